The van der Waals surface area contributed by atoms with Crippen LogP contribution in [0.15, 0.2) is 0 Å². The van der Waals surface area contributed by atoms with Crippen molar-refractivity contribution in [3.05, 3.63) is 0 Å². The van der Waals surface area contributed by atoms with Crippen molar-refractivity contribution in [3.8, 4) is 0 Å². The maximum absolute atomic E-state index is 12.3. The molecule has 1 heterocycles. The highest BCUT2D eigenvalue weighted by Crippen LogP contribution is 2.25. The molecule has 1 aliphatic rings. The second-order valence-corrected chi connectivity index (χ2v) is 4.08. The molecule has 1 rings (SSSR count). The lowest BCUT2D eigenvalue weighted by molar-refractivity contribution is -0.194. The van der Waals surface area contributed by atoms with E-state index in [9.17, 15) is 18.0 Å². The summed E-state index contributed by atoms with van der Waals surface area (Å²) in [6.45, 7) is 2.04. The largest absolute Gasteiger partial charge is 0.481 e. The Bertz CT molecular complexity index is 265. The third-order valence-electron chi connectivity index (χ3n) is 2.72. The molecule has 1 atom stereocenters. The highest BCUT2D eigenvalue weighted by Gasteiger charge is 2.45. The lowest BCUT2D eigenvalue weighted by Gasteiger charge is -2.33. The number of carboxylic acid groups (broad SMARTS) is 1. The van der Waals surface area contributed by atoms with Crippen molar-refractivity contribution in [1.82, 2.24) is 15.3 Å². The van der Waals surface area contributed by atoms with Gasteiger partial charge in [-0.05, 0) is 7.05 Å². The highest BCUT2D eigenvalue weighted by atomic mass is 19.4. The summed E-state index contributed by atoms with van der Waals surface area (Å²) in [5.41, 5.74) is 2.54. The summed E-state index contributed by atoms with van der Waals surface area (Å²) < 4.78 is 37.0. The van der Waals surface area contributed by atoms with Crippen LogP contribution < -0.4 is 5.43 Å². The fourth-order valence-corrected chi connectivity index (χ4v) is 1.53. The molecule has 8 heteroatoms. The van der Waals surface area contributed by atoms with Gasteiger partial charge in [-0.3, -0.25) is 10.2 Å². The first-order valence-corrected chi connectivity index (χ1v) is 5.27. The summed E-state index contributed by atoms with van der Waals surface area (Å²) in [5, 5.41) is 10.1. The molecule has 1 unspecified atom stereocenters. The zero-order valence-electron chi connectivity index (χ0n) is 9.50. The first-order valence-electron chi connectivity index (χ1n) is 5.27. The van der Waals surface area contributed by atoms with Crippen molar-refractivity contribution < 1.29 is 23.1 Å². The van der Waals surface area contributed by atoms with E-state index in [4.69, 9.17) is 5.11 Å². The van der Waals surface area contributed by atoms with Gasteiger partial charge in [0.1, 0.15) is 0 Å². The molecule has 0 aromatic rings. The lowest BCUT2D eigenvalue weighted by atomic mass is 10.1. The van der Waals surface area contributed by atoms with Gasteiger partial charge in [-0.1, -0.05) is 0 Å². The van der Waals surface area contributed by atoms with E-state index in [1.165, 1.54) is 0 Å². The van der Waals surface area contributed by atoms with Gasteiger partial charge in [0, 0.05) is 32.7 Å². The number of piperazine rings is 1. The average Bonchev–Trinajstić information content (AvgIpc) is 2.18. The molecule has 0 radical (unpaired) electrons. The number of hydrazine groups is 1. The molecule has 2 N–H and O–H groups in total. The normalized spacial score (nSPS) is 21.4. The number of hydrogen-bond donors (Lipinski definition) is 2. The van der Waals surface area contributed by atoms with Crippen molar-refractivity contribution >= 4 is 5.97 Å². The van der Waals surface area contributed by atoms with E-state index in [0.717, 1.165) is 13.1 Å². The Balaban J connectivity index is 2.40. The number of likely N-dealkylation sites (N-methyl/N-ethyl adjacent to an activating group) is 1. The SMILES string of the molecule is CN1CCN(NCC(C(=O)O)C(F)(F)F)CC1. The monoisotopic (exact) mass is 255 g/mol. The molecule has 0 aliphatic carbocycles. The summed E-state index contributed by atoms with van der Waals surface area (Å²) in [6.07, 6.45) is -4.72. The fraction of sp³-hybridized carbons (Fsp3) is 0.889. The minimum absolute atomic E-state index is 0.584. The van der Waals surface area contributed by atoms with Crippen LogP contribution in [0.3, 0.4) is 0 Å². The van der Waals surface area contributed by atoms with Crippen LogP contribution in [0, 0.1) is 5.92 Å². The number of carboxylic acids is 1. The molecule has 5 nitrogen and oxygen atoms in total. The molecule has 0 bridgehead atoms. The van der Waals surface area contributed by atoms with Crippen LogP contribution in [0.5, 0.6) is 0 Å². The Morgan fingerprint density at radius 2 is 1.88 bits per heavy atom. The number of hydrogen-bond acceptors (Lipinski definition) is 4. The number of aliphatic carboxylic acids is 1. The van der Waals surface area contributed by atoms with Crippen LogP contribution in [-0.4, -0.2) is 66.9 Å². The van der Waals surface area contributed by atoms with Gasteiger partial charge in [0.2, 0.25) is 0 Å². The van der Waals surface area contributed by atoms with E-state index in [2.05, 4.69) is 10.3 Å². The quantitative estimate of drug-likeness (QED) is 0.740. The van der Waals surface area contributed by atoms with Crippen LogP contribution in [0.25, 0.3) is 0 Å². The number of alkyl halides is 3. The third-order valence-corrected chi connectivity index (χ3v) is 2.72. The van der Waals surface area contributed by atoms with Gasteiger partial charge in [0.05, 0.1) is 0 Å². The second-order valence-electron chi connectivity index (χ2n) is 4.08. The molecule has 1 aliphatic heterocycles. The highest BCUT2D eigenvalue weighted by molar-refractivity contribution is 5.71. The minimum atomic E-state index is -4.72. The summed E-state index contributed by atoms with van der Waals surface area (Å²) in [5.74, 6) is -4.21. The van der Waals surface area contributed by atoms with E-state index in [1.54, 1.807) is 5.01 Å². The summed E-state index contributed by atoms with van der Waals surface area (Å²) in [7, 11) is 1.92. The molecule has 1 saturated heterocycles. The molecule has 1 fully saturated rings. The summed E-state index contributed by atoms with van der Waals surface area (Å²) >= 11 is 0. The Morgan fingerprint density at radius 1 is 1.35 bits per heavy atom. The Morgan fingerprint density at radius 3 is 2.29 bits per heavy atom. The fourth-order valence-electron chi connectivity index (χ4n) is 1.53. The number of carbonyl (C=O) groups is 1. The average molecular weight is 255 g/mol. The van der Waals surface area contributed by atoms with E-state index in [1.807, 2.05) is 7.05 Å². The standard InChI is InChI=1S/C9H16F3N3O2/c1-14-2-4-15(5-3-14)13-6-7(8(16)17)9(10,11)12/h7,13H,2-6H2,1H3,(H,16,17). The first kappa shape index (κ1) is 14.2. The molecular weight excluding hydrogens is 239 g/mol. The third kappa shape index (κ3) is 4.49. The van der Waals surface area contributed by atoms with Crippen molar-refractivity contribution in [2.75, 3.05) is 39.8 Å². The second kappa shape index (κ2) is 5.65. The van der Waals surface area contributed by atoms with Crippen LogP contribution in [-0.2, 0) is 4.79 Å². The zero-order chi connectivity index (χ0) is 13.1. The van der Waals surface area contributed by atoms with Gasteiger partial charge < -0.3 is 10.0 Å². The van der Waals surface area contributed by atoms with Crippen molar-refractivity contribution in [3.63, 3.8) is 0 Å². The molecule has 0 spiro atoms. The van der Waals surface area contributed by atoms with Crippen molar-refractivity contribution in [2.45, 2.75) is 6.18 Å². The predicted molar refractivity (Wildman–Crippen MR) is 54.3 cm³/mol. The van der Waals surface area contributed by atoms with Crippen LogP contribution in [0.4, 0.5) is 13.2 Å². The number of nitrogens with one attached hydrogen (secondary N) is 1. The predicted octanol–water partition coefficient (Wildman–Crippen LogP) is 0.00150. The molecule has 17 heavy (non-hydrogen) atoms. The van der Waals surface area contributed by atoms with Crippen LogP contribution in [0.1, 0.15) is 0 Å². The maximum atomic E-state index is 12.3. The first-order chi connectivity index (χ1) is 7.80. The number of rotatable bonds is 4. The van der Waals surface area contributed by atoms with Gasteiger partial charge in [0.15, 0.2) is 5.92 Å². The van der Waals surface area contributed by atoms with E-state index < -0.39 is 24.6 Å². The number of halogens is 3. The molecule has 0 saturated carbocycles. The Labute approximate surface area is 97.1 Å². The molecule has 0 aromatic carbocycles. The van der Waals surface area contributed by atoms with Gasteiger partial charge in [-0.25, -0.2) is 5.01 Å². The van der Waals surface area contributed by atoms with E-state index >= 15 is 0 Å². The summed E-state index contributed by atoms with van der Waals surface area (Å²) in [4.78, 5) is 12.5. The van der Waals surface area contributed by atoms with Crippen LogP contribution in [0.2, 0.25) is 0 Å². The van der Waals surface area contributed by atoms with Gasteiger partial charge in [-0.2, -0.15) is 13.2 Å². The molecular formula is C9H16F3N3O2. The van der Waals surface area contributed by atoms with Gasteiger partial charge in [0.25, 0.3) is 0 Å². The van der Waals surface area contributed by atoms with Gasteiger partial charge in [-0.15, -0.1) is 0 Å². The minimum Gasteiger partial charge on any atom is -0.481 e. The van der Waals surface area contributed by atoms with Gasteiger partial charge >= 0.3 is 12.1 Å². The van der Waals surface area contributed by atoms with Crippen molar-refractivity contribution in [2.24, 2.45) is 5.92 Å². The van der Waals surface area contributed by atoms with E-state index in [0.29, 0.717) is 13.1 Å². The van der Waals surface area contributed by atoms with Crippen molar-refractivity contribution in [1.29, 1.82) is 0 Å². The molecule has 0 amide bonds. The smallest absolute Gasteiger partial charge is 0.403 e. The van der Waals surface area contributed by atoms with E-state index in [-0.39, 0.29) is 0 Å². The zero-order valence-corrected chi connectivity index (χ0v) is 9.50. The number of nitrogens with zero attached hydrogens (tertiary/aromatic N) is 2. The van der Waals surface area contributed by atoms with Crippen LogP contribution >= 0.6 is 0 Å². The summed E-state index contributed by atoms with van der Waals surface area (Å²) in [6, 6.07) is 0. The Hall–Kier alpha value is -0.860. The lowest BCUT2D eigenvalue weighted by Crippen LogP contribution is -2.53. The maximum Gasteiger partial charge on any atom is 0.403 e. The molecule has 100 valence electrons. The Kier molecular flexibility index (Phi) is 4.72. The molecule has 0 aromatic heterocycles. The topological polar surface area (TPSA) is 55.8 Å².